The molecule has 0 saturated carbocycles. The van der Waals surface area contributed by atoms with Crippen LogP contribution in [0.25, 0.3) is 0 Å². The summed E-state index contributed by atoms with van der Waals surface area (Å²) in [5.41, 5.74) is 0.710. The second-order valence-corrected chi connectivity index (χ2v) is 4.94. The molecule has 0 radical (unpaired) electrons. The first-order chi connectivity index (χ1) is 8.74. The summed E-state index contributed by atoms with van der Waals surface area (Å²) in [6.07, 6.45) is 3.16. The van der Waals surface area contributed by atoms with E-state index >= 15 is 0 Å². The minimum Gasteiger partial charge on any atom is -0.316 e. The summed E-state index contributed by atoms with van der Waals surface area (Å²) in [6.45, 7) is 3.94. The monoisotopic (exact) mass is 254 g/mol. The molecule has 2 N–H and O–H groups in total. The predicted octanol–water partition coefficient (Wildman–Crippen LogP) is 2.10. The van der Waals surface area contributed by atoms with Gasteiger partial charge in [-0.1, -0.05) is 0 Å². The van der Waals surface area contributed by atoms with Crippen molar-refractivity contribution in [3.05, 3.63) is 35.4 Å². The quantitative estimate of drug-likeness (QED) is 0.786. The normalized spacial score (nSPS) is 20.0. The highest BCUT2D eigenvalue weighted by Crippen LogP contribution is 2.09. The van der Waals surface area contributed by atoms with E-state index in [1.54, 1.807) is 0 Å². The molecule has 1 unspecified atom stereocenters. The van der Waals surface area contributed by atoms with Crippen LogP contribution in [0.3, 0.4) is 0 Å². The van der Waals surface area contributed by atoms with Crippen LogP contribution in [0.2, 0.25) is 0 Å². The van der Waals surface area contributed by atoms with Gasteiger partial charge >= 0.3 is 0 Å². The third-order valence-corrected chi connectivity index (χ3v) is 3.34. The van der Waals surface area contributed by atoms with Crippen molar-refractivity contribution in [2.24, 2.45) is 5.92 Å². The number of nitrogens with one attached hydrogen (secondary N) is 2. The standard InChI is InChI=1S/C14H20F2N2/c15-13-6-11(7-14(16)8-13)3-5-18-10-12-2-1-4-17-9-12/h6-8,12,17-18H,1-5,9-10H2. The molecule has 0 aromatic heterocycles. The fraction of sp³-hybridized carbons (Fsp3) is 0.571. The minimum atomic E-state index is -0.499. The van der Waals surface area contributed by atoms with Crippen LogP contribution < -0.4 is 10.6 Å². The number of piperidine rings is 1. The number of halogens is 2. The highest BCUT2D eigenvalue weighted by atomic mass is 19.1. The summed E-state index contributed by atoms with van der Waals surface area (Å²) in [4.78, 5) is 0. The third kappa shape index (κ3) is 4.35. The smallest absolute Gasteiger partial charge is 0.126 e. The molecule has 1 aliphatic rings. The molecule has 2 rings (SSSR count). The van der Waals surface area contributed by atoms with Crippen molar-refractivity contribution in [1.82, 2.24) is 10.6 Å². The Morgan fingerprint density at radius 2 is 2.00 bits per heavy atom. The lowest BCUT2D eigenvalue weighted by atomic mass is 10.00. The molecule has 1 fully saturated rings. The predicted molar refractivity (Wildman–Crippen MR) is 68.5 cm³/mol. The van der Waals surface area contributed by atoms with Crippen molar-refractivity contribution in [3.8, 4) is 0 Å². The van der Waals surface area contributed by atoms with Crippen LogP contribution in [-0.4, -0.2) is 26.2 Å². The van der Waals surface area contributed by atoms with E-state index in [0.29, 0.717) is 17.9 Å². The van der Waals surface area contributed by atoms with Gasteiger partial charge in [-0.2, -0.15) is 0 Å². The van der Waals surface area contributed by atoms with E-state index in [4.69, 9.17) is 0 Å². The molecule has 1 aliphatic heterocycles. The van der Waals surface area contributed by atoms with Crippen LogP contribution in [0.1, 0.15) is 18.4 Å². The van der Waals surface area contributed by atoms with E-state index in [2.05, 4.69) is 10.6 Å². The summed E-state index contributed by atoms with van der Waals surface area (Å²) in [5.74, 6) is -0.314. The van der Waals surface area contributed by atoms with Gasteiger partial charge in [-0.25, -0.2) is 8.78 Å². The molecule has 18 heavy (non-hydrogen) atoms. The summed E-state index contributed by atoms with van der Waals surface area (Å²) >= 11 is 0. The number of hydrogen-bond acceptors (Lipinski definition) is 2. The summed E-state index contributed by atoms with van der Waals surface area (Å²) < 4.78 is 25.9. The Labute approximate surface area is 107 Å². The van der Waals surface area contributed by atoms with Crippen LogP contribution in [0.5, 0.6) is 0 Å². The Morgan fingerprint density at radius 1 is 1.22 bits per heavy atom. The number of benzene rings is 1. The molecule has 1 aromatic carbocycles. The van der Waals surface area contributed by atoms with Crippen molar-refractivity contribution in [2.75, 3.05) is 26.2 Å². The second kappa shape index (κ2) is 6.81. The van der Waals surface area contributed by atoms with Crippen molar-refractivity contribution < 1.29 is 8.78 Å². The van der Waals surface area contributed by atoms with Crippen LogP contribution in [0.4, 0.5) is 8.78 Å². The fourth-order valence-electron chi connectivity index (χ4n) is 2.39. The van der Waals surface area contributed by atoms with Crippen LogP contribution >= 0.6 is 0 Å². The van der Waals surface area contributed by atoms with Crippen molar-refractivity contribution in [3.63, 3.8) is 0 Å². The van der Waals surface area contributed by atoms with Crippen molar-refractivity contribution >= 4 is 0 Å². The summed E-state index contributed by atoms with van der Waals surface area (Å²) in [7, 11) is 0. The molecule has 4 heteroatoms. The Morgan fingerprint density at radius 3 is 2.67 bits per heavy atom. The lowest BCUT2D eigenvalue weighted by Crippen LogP contribution is -2.36. The Hall–Kier alpha value is -1.00. The van der Waals surface area contributed by atoms with E-state index in [1.165, 1.54) is 25.0 Å². The molecule has 0 bridgehead atoms. The van der Waals surface area contributed by atoms with Gasteiger partial charge < -0.3 is 10.6 Å². The van der Waals surface area contributed by atoms with Crippen molar-refractivity contribution in [2.45, 2.75) is 19.3 Å². The fourth-order valence-corrected chi connectivity index (χ4v) is 2.39. The molecule has 1 heterocycles. The average molecular weight is 254 g/mol. The number of rotatable bonds is 5. The zero-order valence-electron chi connectivity index (χ0n) is 10.5. The van der Waals surface area contributed by atoms with E-state index in [-0.39, 0.29) is 0 Å². The SMILES string of the molecule is Fc1cc(F)cc(CCNCC2CCCNC2)c1. The van der Waals surface area contributed by atoms with E-state index in [1.807, 2.05) is 0 Å². The van der Waals surface area contributed by atoms with Gasteiger partial charge in [-0.3, -0.25) is 0 Å². The first-order valence-electron chi connectivity index (χ1n) is 6.60. The molecule has 2 nitrogen and oxygen atoms in total. The maximum Gasteiger partial charge on any atom is 0.126 e. The highest BCUT2D eigenvalue weighted by Gasteiger charge is 2.11. The molecular weight excluding hydrogens is 234 g/mol. The maximum atomic E-state index is 13.0. The van der Waals surface area contributed by atoms with Crippen LogP contribution in [0.15, 0.2) is 18.2 Å². The molecule has 1 atom stereocenters. The summed E-state index contributed by atoms with van der Waals surface area (Å²) in [5, 5.41) is 6.73. The van der Waals surface area contributed by atoms with E-state index < -0.39 is 11.6 Å². The van der Waals surface area contributed by atoms with Gasteiger partial charge in [0.15, 0.2) is 0 Å². The molecular formula is C14H20F2N2. The first-order valence-corrected chi connectivity index (χ1v) is 6.60. The first kappa shape index (κ1) is 13.4. The molecule has 100 valence electrons. The van der Waals surface area contributed by atoms with Crippen LogP contribution in [0, 0.1) is 17.6 Å². The Bertz CT molecular complexity index is 356. The second-order valence-electron chi connectivity index (χ2n) is 4.94. The van der Waals surface area contributed by atoms with Gasteiger partial charge in [0, 0.05) is 6.07 Å². The lowest BCUT2D eigenvalue weighted by Gasteiger charge is -2.22. The van der Waals surface area contributed by atoms with Crippen LogP contribution in [-0.2, 0) is 6.42 Å². The highest BCUT2D eigenvalue weighted by molar-refractivity contribution is 5.18. The largest absolute Gasteiger partial charge is 0.316 e. The third-order valence-electron chi connectivity index (χ3n) is 3.34. The Kier molecular flexibility index (Phi) is 5.08. The van der Waals surface area contributed by atoms with E-state index in [9.17, 15) is 8.78 Å². The molecule has 0 amide bonds. The lowest BCUT2D eigenvalue weighted by molar-refractivity contribution is 0.361. The van der Waals surface area contributed by atoms with Gasteiger partial charge in [0.05, 0.1) is 0 Å². The van der Waals surface area contributed by atoms with Gasteiger partial charge in [-0.15, -0.1) is 0 Å². The average Bonchev–Trinajstić information content (AvgIpc) is 2.35. The van der Waals surface area contributed by atoms with Gasteiger partial charge in [0.25, 0.3) is 0 Å². The topological polar surface area (TPSA) is 24.1 Å². The van der Waals surface area contributed by atoms with E-state index in [0.717, 1.165) is 32.2 Å². The maximum absolute atomic E-state index is 13.0. The Balaban J connectivity index is 1.68. The zero-order chi connectivity index (χ0) is 12.8. The molecule has 1 saturated heterocycles. The van der Waals surface area contributed by atoms with Gasteiger partial charge in [0.2, 0.25) is 0 Å². The zero-order valence-corrected chi connectivity index (χ0v) is 10.5. The molecule has 1 aromatic rings. The summed E-state index contributed by atoms with van der Waals surface area (Å²) in [6, 6.07) is 3.70. The molecule has 0 aliphatic carbocycles. The van der Waals surface area contributed by atoms with Gasteiger partial charge in [0.1, 0.15) is 11.6 Å². The van der Waals surface area contributed by atoms with Crippen molar-refractivity contribution in [1.29, 1.82) is 0 Å². The van der Waals surface area contributed by atoms with Gasteiger partial charge in [-0.05, 0) is 69.1 Å². The number of hydrogen-bond donors (Lipinski definition) is 2. The minimum absolute atomic E-state index is 0.499. The molecule has 0 spiro atoms.